The van der Waals surface area contributed by atoms with E-state index in [4.69, 9.17) is 9.47 Å². The van der Waals surface area contributed by atoms with Crippen LogP contribution in [0.5, 0.6) is 11.5 Å². The molecule has 1 fully saturated rings. The van der Waals surface area contributed by atoms with Gasteiger partial charge in [-0.25, -0.2) is 0 Å². The Hall–Kier alpha value is -4.07. The number of pyridine rings is 1. The average Bonchev–Trinajstić information content (AvgIpc) is 3.40. The SMILES string of the molecule is COc1cc(NC(=O)c2cccn(Cc3ccccc3)c2=O)c(C(=O)N2CCCC2)cc1OC. The molecule has 2 amide bonds. The van der Waals surface area contributed by atoms with Crippen molar-refractivity contribution < 1.29 is 19.1 Å². The van der Waals surface area contributed by atoms with Crippen molar-refractivity contribution in [3.63, 3.8) is 0 Å². The van der Waals surface area contributed by atoms with Gasteiger partial charge in [0.2, 0.25) is 0 Å². The third-order valence-electron chi connectivity index (χ3n) is 5.86. The first-order chi connectivity index (χ1) is 16.5. The van der Waals surface area contributed by atoms with E-state index in [0.717, 1.165) is 18.4 Å². The second-order valence-corrected chi connectivity index (χ2v) is 8.05. The van der Waals surface area contributed by atoms with Crippen LogP contribution in [0.4, 0.5) is 5.69 Å². The van der Waals surface area contributed by atoms with E-state index < -0.39 is 11.5 Å². The van der Waals surface area contributed by atoms with Crippen molar-refractivity contribution in [1.29, 1.82) is 0 Å². The summed E-state index contributed by atoms with van der Waals surface area (Å²) in [5, 5.41) is 2.75. The molecule has 2 aromatic carbocycles. The second-order valence-electron chi connectivity index (χ2n) is 8.05. The molecule has 1 aliphatic heterocycles. The molecule has 0 aliphatic carbocycles. The minimum Gasteiger partial charge on any atom is -0.493 e. The van der Waals surface area contributed by atoms with Gasteiger partial charge < -0.3 is 24.3 Å². The Balaban J connectivity index is 1.66. The highest BCUT2D eigenvalue weighted by atomic mass is 16.5. The predicted molar refractivity (Wildman–Crippen MR) is 129 cm³/mol. The molecule has 0 bridgehead atoms. The van der Waals surface area contributed by atoms with Gasteiger partial charge in [-0.15, -0.1) is 0 Å². The van der Waals surface area contributed by atoms with Crippen LogP contribution in [0.15, 0.2) is 65.6 Å². The fourth-order valence-electron chi connectivity index (χ4n) is 4.05. The van der Waals surface area contributed by atoms with Gasteiger partial charge in [0.15, 0.2) is 11.5 Å². The van der Waals surface area contributed by atoms with Gasteiger partial charge in [0.05, 0.1) is 32.0 Å². The van der Waals surface area contributed by atoms with Crippen LogP contribution in [0.3, 0.4) is 0 Å². The lowest BCUT2D eigenvalue weighted by molar-refractivity contribution is 0.0793. The van der Waals surface area contributed by atoms with Crippen molar-refractivity contribution in [1.82, 2.24) is 9.47 Å². The number of rotatable bonds is 7. The number of likely N-dealkylation sites (tertiary alicyclic amines) is 1. The van der Waals surface area contributed by atoms with Gasteiger partial charge in [-0.2, -0.15) is 0 Å². The zero-order valence-electron chi connectivity index (χ0n) is 19.2. The molecule has 1 aromatic heterocycles. The molecule has 0 atom stereocenters. The number of aromatic nitrogens is 1. The van der Waals surface area contributed by atoms with Crippen molar-refractivity contribution in [3.8, 4) is 11.5 Å². The number of nitrogens with zero attached hydrogens (tertiary/aromatic N) is 2. The molecule has 0 radical (unpaired) electrons. The Kier molecular flexibility index (Phi) is 6.96. The van der Waals surface area contributed by atoms with E-state index >= 15 is 0 Å². The van der Waals surface area contributed by atoms with E-state index in [0.29, 0.717) is 31.1 Å². The molecule has 1 saturated heterocycles. The smallest absolute Gasteiger partial charge is 0.263 e. The first kappa shape index (κ1) is 23.1. The van der Waals surface area contributed by atoms with E-state index in [9.17, 15) is 14.4 Å². The lowest BCUT2D eigenvalue weighted by atomic mass is 10.1. The van der Waals surface area contributed by atoms with Crippen LogP contribution >= 0.6 is 0 Å². The summed E-state index contributed by atoms with van der Waals surface area (Å²) in [5.74, 6) is -0.0586. The summed E-state index contributed by atoms with van der Waals surface area (Å²) < 4.78 is 12.2. The molecule has 3 aromatic rings. The number of anilines is 1. The van der Waals surface area contributed by atoms with Crippen molar-refractivity contribution in [2.45, 2.75) is 19.4 Å². The Morgan fingerprint density at radius 3 is 2.26 bits per heavy atom. The van der Waals surface area contributed by atoms with E-state index in [1.54, 1.807) is 29.3 Å². The van der Waals surface area contributed by atoms with Gasteiger partial charge in [-0.1, -0.05) is 30.3 Å². The van der Waals surface area contributed by atoms with Crippen molar-refractivity contribution in [2.24, 2.45) is 0 Å². The van der Waals surface area contributed by atoms with Crippen LogP contribution in [0.25, 0.3) is 0 Å². The molecule has 1 aliphatic rings. The minimum absolute atomic E-state index is 0.0206. The molecule has 8 nitrogen and oxygen atoms in total. The van der Waals surface area contributed by atoms with Crippen LogP contribution < -0.4 is 20.3 Å². The highest BCUT2D eigenvalue weighted by Crippen LogP contribution is 2.34. The molecule has 0 unspecified atom stereocenters. The van der Waals surface area contributed by atoms with E-state index in [1.807, 2.05) is 30.3 Å². The second kappa shape index (κ2) is 10.2. The zero-order chi connectivity index (χ0) is 24.1. The quantitative estimate of drug-likeness (QED) is 0.583. The first-order valence-electron chi connectivity index (χ1n) is 11.1. The Morgan fingerprint density at radius 1 is 0.912 bits per heavy atom. The van der Waals surface area contributed by atoms with E-state index in [2.05, 4.69) is 5.32 Å². The number of carbonyl (C=O) groups excluding carboxylic acids is 2. The van der Waals surface area contributed by atoms with Crippen molar-refractivity contribution >= 4 is 17.5 Å². The maximum Gasteiger partial charge on any atom is 0.263 e. The third kappa shape index (κ3) is 4.80. The number of hydrogen-bond donors (Lipinski definition) is 1. The molecule has 8 heteroatoms. The number of methoxy groups -OCH3 is 2. The van der Waals surface area contributed by atoms with Crippen molar-refractivity contribution in [2.75, 3.05) is 32.6 Å². The maximum absolute atomic E-state index is 13.2. The molecule has 1 N–H and O–H groups in total. The summed E-state index contributed by atoms with van der Waals surface area (Å²) in [6.45, 7) is 1.66. The Labute approximate surface area is 197 Å². The van der Waals surface area contributed by atoms with Gasteiger partial charge >= 0.3 is 0 Å². The topological polar surface area (TPSA) is 89.9 Å². The lowest BCUT2D eigenvalue weighted by Crippen LogP contribution is -2.31. The van der Waals surface area contributed by atoms with E-state index in [-0.39, 0.29) is 22.7 Å². The highest BCUT2D eigenvalue weighted by Gasteiger charge is 2.25. The van der Waals surface area contributed by atoms with Gasteiger partial charge in [0.1, 0.15) is 5.56 Å². The normalized spacial score (nSPS) is 12.9. The highest BCUT2D eigenvalue weighted by molar-refractivity contribution is 6.09. The van der Waals surface area contributed by atoms with Crippen LogP contribution in [0, 0.1) is 0 Å². The molecule has 176 valence electrons. The Bertz CT molecular complexity index is 1250. The summed E-state index contributed by atoms with van der Waals surface area (Å²) in [5.41, 5.74) is 1.05. The molecular weight excluding hydrogens is 434 g/mol. The van der Waals surface area contributed by atoms with Gasteiger partial charge in [0, 0.05) is 25.4 Å². The van der Waals surface area contributed by atoms with Gasteiger partial charge in [-0.3, -0.25) is 14.4 Å². The summed E-state index contributed by atoms with van der Waals surface area (Å²) in [7, 11) is 2.96. The molecule has 34 heavy (non-hydrogen) atoms. The van der Waals surface area contributed by atoms with Gasteiger partial charge in [-0.05, 0) is 36.6 Å². The molecule has 0 saturated carbocycles. The number of ether oxygens (including phenoxy) is 2. The standard InChI is InChI=1S/C26H27N3O5/c1-33-22-15-20(26(32)28-12-6-7-13-28)21(16-23(22)34-2)27-24(30)19-11-8-14-29(25(19)31)17-18-9-4-3-5-10-18/h3-5,8-11,14-16H,6-7,12-13,17H2,1-2H3,(H,27,30). The number of benzene rings is 2. The fourth-order valence-corrected chi connectivity index (χ4v) is 4.05. The predicted octanol–water partition coefficient (Wildman–Crippen LogP) is 3.40. The lowest BCUT2D eigenvalue weighted by Gasteiger charge is -2.20. The average molecular weight is 462 g/mol. The van der Waals surface area contributed by atoms with E-state index in [1.165, 1.54) is 24.9 Å². The summed E-state index contributed by atoms with van der Waals surface area (Å²) >= 11 is 0. The molecule has 4 rings (SSSR count). The zero-order valence-corrected chi connectivity index (χ0v) is 19.2. The van der Waals surface area contributed by atoms with Crippen LogP contribution in [-0.4, -0.2) is 48.6 Å². The van der Waals surface area contributed by atoms with Crippen LogP contribution in [0.2, 0.25) is 0 Å². The summed E-state index contributed by atoms with van der Waals surface area (Å²) in [6.07, 6.45) is 3.52. The van der Waals surface area contributed by atoms with Crippen molar-refractivity contribution in [3.05, 3.63) is 87.8 Å². The molecule has 0 spiro atoms. The van der Waals surface area contributed by atoms with Crippen LogP contribution in [0.1, 0.15) is 39.1 Å². The van der Waals surface area contributed by atoms with Gasteiger partial charge in [0.25, 0.3) is 17.4 Å². The molecule has 2 heterocycles. The largest absolute Gasteiger partial charge is 0.493 e. The minimum atomic E-state index is -0.602. The monoisotopic (exact) mass is 461 g/mol. The molecular formula is C26H27N3O5. The maximum atomic E-state index is 13.2. The number of hydrogen-bond acceptors (Lipinski definition) is 5. The third-order valence-corrected chi connectivity index (χ3v) is 5.86. The summed E-state index contributed by atoms with van der Waals surface area (Å²) in [6, 6.07) is 15.8. The fraction of sp³-hybridized carbons (Fsp3) is 0.269. The number of amides is 2. The first-order valence-corrected chi connectivity index (χ1v) is 11.1. The van der Waals surface area contributed by atoms with Crippen LogP contribution in [-0.2, 0) is 6.54 Å². The Morgan fingerprint density at radius 2 is 1.59 bits per heavy atom. The number of carbonyl (C=O) groups is 2. The summed E-state index contributed by atoms with van der Waals surface area (Å²) in [4.78, 5) is 41.1. The number of nitrogens with one attached hydrogen (secondary N) is 1.